The van der Waals surface area contributed by atoms with Crippen LogP contribution in [0.2, 0.25) is 0 Å². The second kappa shape index (κ2) is 6.99. The molecule has 3 heteroatoms. The van der Waals surface area contributed by atoms with E-state index in [1.807, 2.05) is 11.3 Å². The van der Waals surface area contributed by atoms with Gasteiger partial charge < -0.3 is 10.1 Å². The number of hydrogen-bond acceptors (Lipinski definition) is 3. The number of rotatable bonds is 7. The fraction of sp³-hybridized carbons (Fsp3) is 0.667. The van der Waals surface area contributed by atoms with Crippen molar-refractivity contribution in [3.8, 4) is 0 Å². The molecule has 0 aliphatic rings. The van der Waals surface area contributed by atoms with E-state index in [9.17, 15) is 0 Å². The summed E-state index contributed by atoms with van der Waals surface area (Å²) in [4.78, 5) is 1.38. The van der Waals surface area contributed by atoms with Crippen LogP contribution in [0.4, 0.5) is 0 Å². The summed E-state index contributed by atoms with van der Waals surface area (Å²) in [6, 6.07) is 2.73. The van der Waals surface area contributed by atoms with Gasteiger partial charge in [-0.3, -0.25) is 0 Å². The zero-order chi connectivity index (χ0) is 11.1. The molecule has 15 heavy (non-hydrogen) atoms. The van der Waals surface area contributed by atoms with Gasteiger partial charge in [-0.2, -0.15) is 0 Å². The zero-order valence-corrected chi connectivity index (χ0v) is 10.7. The Bertz CT molecular complexity index is 264. The Hall–Kier alpha value is -0.380. The van der Waals surface area contributed by atoms with Gasteiger partial charge in [0.05, 0.1) is 0 Å². The lowest BCUT2D eigenvalue weighted by molar-refractivity contribution is 0.183. The molecule has 1 aromatic heterocycles. The molecule has 0 saturated carbocycles. The van der Waals surface area contributed by atoms with Crippen molar-refractivity contribution in [2.45, 2.75) is 32.7 Å². The highest BCUT2D eigenvalue weighted by Crippen LogP contribution is 2.22. The van der Waals surface area contributed by atoms with Crippen LogP contribution in [0.5, 0.6) is 0 Å². The van der Waals surface area contributed by atoms with Gasteiger partial charge in [0.25, 0.3) is 0 Å². The average Bonchev–Trinajstić information content (AvgIpc) is 2.65. The van der Waals surface area contributed by atoms with E-state index in [1.165, 1.54) is 16.9 Å². The third-order valence-corrected chi connectivity index (χ3v) is 3.28. The predicted molar refractivity (Wildman–Crippen MR) is 66.6 cm³/mol. The Morgan fingerprint density at radius 1 is 1.53 bits per heavy atom. The molecule has 1 unspecified atom stereocenters. The van der Waals surface area contributed by atoms with Crippen LogP contribution in [0.3, 0.4) is 0 Å². The molecule has 1 N–H and O–H groups in total. The van der Waals surface area contributed by atoms with Gasteiger partial charge >= 0.3 is 0 Å². The Balaban J connectivity index is 2.54. The molecule has 1 aromatic rings. The fourth-order valence-electron chi connectivity index (χ4n) is 1.59. The minimum Gasteiger partial charge on any atom is -0.385 e. The highest BCUT2D eigenvalue weighted by atomic mass is 32.1. The molecule has 0 aliphatic carbocycles. The first-order chi connectivity index (χ1) is 7.27. The minimum atomic E-state index is 0.454. The van der Waals surface area contributed by atoms with E-state index >= 15 is 0 Å². The van der Waals surface area contributed by atoms with E-state index in [0.29, 0.717) is 6.04 Å². The zero-order valence-electron chi connectivity index (χ0n) is 9.88. The van der Waals surface area contributed by atoms with Crippen LogP contribution in [0.15, 0.2) is 11.4 Å². The summed E-state index contributed by atoms with van der Waals surface area (Å²) in [6.45, 7) is 6.24. The van der Waals surface area contributed by atoms with Crippen molar-refractivity contribution in [2.75, 3.05) is 20.3 Å². The lowest BCUT2D eigenvalue weighted by Gasteiger charge is -2.16. The molecule has 0 saturated heterocycles. The highest BCUT2D eigenvalue weighted by Gasteiger charge is 2.11. The number of methoxy groups -OCH3 is 1. The van der Waals surface area contributed by atoms with E-state index in [1.54, 1.807) is 7.11 Å². The summed E-state index contributed by atoms with van der Waals surface area (Å²) in [5.74, 6) is 0. The largest absolute Gasteiger partial charge is 0.385 e. The van der Waals surface area contributed by atoms with Crippen molar-refractivity contribution in [2.24, 2.45) is 0 Å². The monoisotopic (exact) mass is 227 g/mol. The van der Waals surface area contributed by atoms with Crippen molar-refractivity contribution in [1.29, 1.82) is 0 Å². The molecule has 86 valence electrons. The molecule has 0 amide bonds. The average molecular weight is 227 g/mol. The van der Waals surface area contributed by atoms with Gasteiger partial charge in [0.1, 0.15) is 0 Å². The molecule has 2 nitrogen and oxygen atoms in total. The van der Waals surface area contributed by atoms with Crippen LogP contribution in [0, 0.1) is 6.92 Å². The summed E-state index contributed by atoms with van der Waals surface area (Å²) < 4.78 is 5.14. The Kier molecular flexibility index (Phi) is 5.91. The van der Waals surface area contributed by atoms with Gasteiger partial charge in [-0.05, 0) is 43.3 Å². The molecule has 0 aromatic carbocycles. The molecule has 0 spiro atoms. The lowest BCUT2D eigenvalue weighted by Crippen LogP contribution is -2.22. The molecular weight excluding hydrogens is 206 g/mol. The van der Waals surface area contributed by atoms with E-state index in [0.717, 1.165) is 19.6 Å². The smallest absolute Gasteiger partial charge is 0.0480 e. The van der Waals surface area contributed by atoms with Crippen molar-refractivity contribution < 1.29 is 4.74 Å². The minimum absolute atomic E-state index is 0.454. The van der Waals surface area contributed by atoms with E-state index < -0.39 is 0 Å². The van der Waals surface area contributed by atoms with Crippen LogP contribution in [0.25, 0.3) is 0 Å². The molecule has 1 heterocycles. The van der Waals surface area contributed by atoms with Crippen LogP contribution >= 0.6 is 11.3 Å². The topological polar surface area (TPSA) is 21.3 Å². The van der Waals surface area contributed by atoms with E-state index in [4.69, 9.17) is 4.74 Å². The Morgan fingerprint density at radius 3 is 2.87 bits per heavy atom. The van der Waals surface area contributed by atoms with Gasteiger partial charge in [0, 0.05) is 24.6 Å². The van der Waals surface area contributed by atoms with Crippen LogP contribution < -0.4 is 5.32 Å². The van der Waals surface area contributed by atoms with Crippen molar-refractivity contribution in [1.82, 2.24) is 5.32 Å². The van der Waals surface area contributed by atoms with Gasteiger partial charge in [-0.15, -0.1) is 11.3 Å². The quantitative estimate of drug-likeness (QED) is 0.772. The number of aryl methyl sites for hydroxylation is 1. The van der Waals surface area contributed by atoms with Crippen LogP contribution in [-0.4, -0.2) is 20.3 Å². The molecular formula is C12H21NOS. The van der Waals surface area contributed by atoms with Crippen molar-refractivity contribution in [3.63, 3.8) is 0 Å². The second-order valence-corrected chi connectivity index (χ2v) is 4.89. The highest BCUT2D eigenvalue weighted by molar-refractivity contribution is 7.10. The first-order valence-corrected chi connectivity index (χ1v) is 6.43. The van der Waals surface area contributed by atoms with Crippen molar-refractivity contribution >= 4 is 11.3 Å². The van der Waals surface area contributed by atoms with Crippen molar-refractivity contribution in [3.05, 3.63) is 21.9 Å². The molecule has 1 atom stereocenters. The second-order valence-electron chi connectivity index (χ2n) is 3.78. The number of hydrogen-bond donors (Lipinski definition) is 1. The lowest BCUT2D eigenvalue weighted by atomic mass is 10.1. The van der Waals surface area contributed by atoms with Crippen LogP contribution in [0.1, 0.15) is 36.2 Å². The first kappa shape index (κ1) is 12.7. The third kappa shape index (κ3) is 4.33. The van der Waals surface area contributed by atoms with Crippen LogP contribution in [-0.2, 0) is 4.74 Å². The first-order valence-electron chi connectivity index (χ1n) is 5.55. The van der Waals surface area contributed by atoms with E-state index in [2.05, 4.69) is 30.6 Å². The van der Waals surface area contributed by atoms with Gasteiger partial charge in [0.2, 0.25) is 0 Å². The summed E-state index contributed by atoms with van der Waals surface area (Å²) in [5.41, 5.74) is 1.41. The third-order valence-electron chi connectivity index (χ3n) is 2.40. The maximum atomic E-state index is 5.14. The Morgan fingerprint density at radius 2 is 2.33 bits per heavy atom. The molecule has 0 fully saturated rings. The van der Waals surface area contributed by atoms with Gasteiger partial charge in [-0.25, -0.2) is 0 Å². The van der Waals surface area contributed by atoms with Gasteiger partial charge in [-0.1, -0.05) is 6.92 Å². The summed E-state index contributed by atoms with van der Waals surface area (Å²) >= 11 is 1.82. The molecule has 0 aliphatic heterocycles. The summed E-state index contributed by atoms with van der Waals surface area (Å²) in [7, 11) is 1.76. The maximum absolute atomic E-state index is 5.14. The summed E-state index contributed by atoms with van der Waals surface area (Å²) in [5, 5.41) is 5.81. The number of ether oxygens (including phenoxy) is 1. The maximum Gasteiger partial charge on any atom is 0.0480 e. The SMILES string of the molecule is CCCNC(CCOC)c1csc(C)c1. The Labute approximate surface area is 96.7 Å². The summed E-state index contributed by atoms with van der Waals surface area (Å²) in [6.07, 6.45) is 2.22. The number of thiophene rings is 1. The molecule has 0 radical (unpaired) electrons. The normalized spacial score (nSPS) is 13.0. The number of nitrogens with one attached hydrogen (secondary N) is 1. The molecule has 0 bridgehead atoms. The van der Waals surface area contributed by atoms with E-state index in [-0.39, 0.29) is 0 Å². The standard InChI is InChI=1S/C12H21NOS/c1-4-6-13-12(5-7-14-3)11-8-10(2)15-9-11/h8-9,12-13H,4-7H2,1-3H3. The molecule has 1 rings (SSSR count). The fourth-order valence-corrected chi connectivity index (χ4v) is 2.35. The van der Waals surface area contributed by atoms with Gasteiger partial charge in [0.15, 0.2) is 0 Å². The predicted octanol–water partition coefficient (Wildman–Crippen LogP) is 3.13.